The Labute approximate surface area is 322 Å². The molecule has 51 heavy (non-hydrogen) atoms. The monoisotopic (exact) mass is 707 g/mol. The molecule has 4 atom stereocenters. The Bertz CT molecular complexity index is 988. The molecule has 0 aromatic carbocycles. The van der Waals surface area contributed by atoms with E-state index in [1.54, 1.807) is 19.3 Å². The highest BCUT2D eigenvalue weighted by atomic mass is 14.7. The van der Waals surface area contributed by atoms with Gasteiger partial charge in [-0.05, 0) is 213 Å². The van der Waals surface area contributed by atoms with Gasteiger partial charge in [0.15, 0.2) is 0 Å². The van der Waals surface area contributed by atoms with Gasteiger partial charge >= 0.3 is 0 Å². The van der Waals surface area contributed by atoms with Crippen molar-refractivity contribution >= 4 is 0 Å². The summed E-state index contributed by atoms with van der Waals surface area (Å²) in [5.41, 5.74) is 4.62. The van der Waals surface area contributed by atoms with Gasteiger partial charge in [-0.15, -0.1) is 0 Å². The lowest BCUT2D eigenvalue weighted by Crippen LogP contribution is -2.66. The Morgan fingerprint density at radius 2 is 0.490 bits per heavy atom. The van der Waals surface area contributed by atoms with E-state index in [0.717, 1.165) is 104 Å². The van der Waals surface area contributed by atoms with Crippen LogP contribution in [0.1, 0.15) is 220 Å². The predicted molar refractivity (Wildman–Crippen MR) is 226 cm³/mol. The van der Waals surface area contributed by atoms with Crippen LogP contribution in [-0.2, 0) is 0 Å². The zero-order chi connectivity index (χ0) is 37.9. The van der Waals surface area contributed by atoms with E-state index in [-0.39, 0.29) is 0 Å². The summed E-state index contributed by atoms with van der Waals surface area (Å²) in [6.07, 6.45) is 26.0. The molecule has 298 valence electrons. The molecular formula is C51H94. The molecule has 0 radical (unpaired) electrons. The lowest BCUT2D eigenvalue weighted by molar-refractivity contribution is -0.252. The third kappa shape index (κ3) is 7.61. The largest absolute Gasteiger partial charge is 0.0625 e. The van der Waals surface area contributed by atoms with E-state index in [9.17, 15) is 0 Å². The van der Waals surface area contributed by atoms with Gasteiger partial charge in [-0.25, -0.2) is 0 Å². The third-order valence-corrected chi connectivity index (χ3v) is 20.4. The Hall–Kier alpha value is 0. The summed E-state index contributed by atoms with van der Waals surface area (Å²) < 4.78 is 0. The van der Waals surface area contributed by atoms with Gasteiger partial charge in [0, 0.05) is 0 Å². The summed E-state index contributed by atoms with van der Waals surface area (Å²) in [7, 11) is 0. The summed E-state index contributed by atoms with van der Waals surface area (Å²) in [5.74, 6) is 11.7. The highest BCUT2D eigenvalue weighted by molar-refractivity contribution is 5.18. The SMILES string of the molecule is CC(C)C12CC(C(C)C)(C1)C2.CC(C)C12CCC(C(C)C)(CC1)C2.CC(C)C12CCC(C(C)C)(CC1)CC2.CC(C)C1CC2CC1CC2C(C)C. The van der Waals surface area contributed by atoms with Gasteiger partial charge in [0.05, 0.1) is 0 Å². The van der Waals surface area contributed by atoms with E-state index < -0.39 is 0 Å². The van der Waals surface area contributed by atoms with Crippen LogP contribution in [-0.4, -0.2) is 0 Å². The van der Waals surface area contributed by atoms with Crippen molar-refractivity contribution in [1.82, 2.24) is 0 Å². The van der Waals surface area contributed by atoms with Gasteiger partial charge in [0.1, 0.15) is 0 Å². The molecule has 10 aliphatic carbocycles. The fourth-order valence-electron chi connectivity index (χ4n) is 15.0. The lowest BCUT2D eigenvalue weighted by Gasteiger charge is -2.75. The minimum Gasteiger partial charge on any atom is -0.0625 e. The number of fused-ring (bicyclic) bond motifs is 7. The fourth-order valence-corrected chi connectivity index (χ4v) is 15.0. The van der Waals surface area contributed by atoms with Crippen LogP contribution in [0.5, 0.6) is 0 Å². The molecule has 4 unspecified atom stereocenters. The molecule has 0 N–H and O–H groups in total. The van der Waals surface area contributed by atoms with Crippen molar-refractivity contribution < 1.29 is 0 Å². The highest BCUT2D eigenvalue weighted by Gasteiger charge is 2.69. The lowest BCUT2D eigenvalue weighted by atomic mass is 9.30. The van der Waals surface area contributed by atoms with E-state index in [2.05, 4.69) is 111 Å². The first-order chi connectivity index (χ1) is 23.6. The van der Waals surface area contributed by atoms with Crippen molar-refractivity contribution in [1.29, 1.82) is 0 Å². The van der Waals surface area contributed by atoms with E-state index in [0.29, 0.717) is 0 Å². The van der Waals surface area contributed by atoms with Gasteiger partial charge in [-0.2, -0.15) is 0 Å². The minimum atomic E-state index is 0.747. The summed E-state index contributed by atoms with van der Waals surface area (Å²) in [6, 6.07) is 0. The summed E-state index contributed by atoms with van der Waals surface area (Å²) in [5, 5.41) is 0. The first-order valence-electron chi connectivity index (χ1n) is 23.6. The molecule has 0 aliphatic heterocycles. The zero-order valence-electron chi connectivity index (χ0n) is 37.9. The normalized spacial score (nSPS) is 44.2. The van der Waals surface area contributed by atoms with Crippen LogP contribution in [0.4, 0.5) is 0 Å². The van der Waals surface area contributed by atoms with Crippen molar-refractivity contribution in [3.05, 3.63) is 0 Å². The smallest absolute Gasteiger partial charge is 0.0258 e. The average Bonchev–Trinajstić information content (AvgIpc) is 3.82. The molecule has 0 saturated heterocycles. The average molecular weight is 707 g/mol. The van der Waals surface area contributed by atoms with Gasteiger partial charge in [0.25, 0.3) is 0 Å². The predicted octanol–water partition coefficient (Wildman–Crippen LogP) is 16.3. The first-order valence-corrected chi connectivity index (χ1v) is 23.6. The van der Waals surface area contributed by atoms with Gasteiger partial charge in [-0.1, -0.05) is 111 Å². The summed E-state index contributed by atoms with van der Waals surface area (Å²) in [6.45, 7) is 38.7. The fraction of sp³-hybridized carbons (Fsp3) is 1.00. The van der Waals surface area contributed by atoms with Crippen LogP contribution in [0.2, 0.25) is 0 Å². The van der Waals surface area contributed by atoms with Gasteiger partial charge in [-0.3, -0.25) is 0 Å². The molecule has 0 heterocycles. The number of hydrogen-bond acceptors (Lipinski definition) is 0. The third-order valence-electron chi connectivity index (χ3n) is 20.4. The Balaban J connectivity index is 0.000000132. The van der Waals surface area contributed by atoms with Gasteiger partial charge in [0.2, 0.25) is 0 Å². The zero-order valence-corrected chi connectivity index (χ0v) is 37.9. The summed E-state index contributed by atoms with van der Waals surface area (Å²) >= 11 is 0. The van der Waals surface area contributed by atoms with Crippen LogP contribution in [0.3, 0.4) is 0 Å². The van der Waals surface area contributed by atoms with Crippen LogP contribution in [0, 0.1) is 104 Å². The Morgan fingerprint density at radius 1 is 0.275 bits per heavy atom. The van der Waals surface area contributed by atoms with Crippen molar-refractivity contribution in [2.24, 2.45) is 104 Å². The van der Waals surface area contributed by atoms with Crippen molar-refractivity contribution in [3.8, 4) is 0 Å². The standard InChI is InChI=1S/C14H26.2C13H24.C11H20/c1-11(2)13-5-8-14(9-6-13,10-7-13)12(3)4;1-8(2)12-6-11-5-10(12)7-13(11)9(3)4;1-10(2)12-5-7-13(9-12,8-6-12)11(3)4;1-8(2)10-5-11(6-10,7-10)9(3)4/h11-12H,5-10H2,1-4H3;8-13H,5-7H2,1-4H3;10-11H,5-9H2,1-4H3;8-9H,5-7H2,1-4H3. The molecule has 0 amide bonds. The van der Waals surface area contributed by atoms with Crippen LogP contribution >= 0.6 is 0 Å². The molecule has 0 nitrogen and oxygen atoms in total. The number of hydrogen-bond donors (Lipinski definition) is 0. The van der Waals surface area contributed by atoms with Crippen LogP contribution in [0.15, 0.2) is 0 Å². The molecule has 10 rings (SSSR count). The second-order valence-electron chi connectivity index (χ2n) is 24.4. The number of rotatable bonds is 8. The molecule has 0 aromatic heterocycles. The quantitative estimate of drug-likeness (QED) is 0.236. The molecule has 10 aliphatic rings. The van der Waals surface area contributed by atoms with E-state index in [4.69, 9.17) is 0 Å². The van der Waals surface area contributed by atoms with Crippen LogP contribution in [0.25, 0.3) is 0 Å². The van der Waals surface area contributed by atoms with Gasteiger partial charge < -0.3 is 0 Å². The maximum Gasteiger partial charge on any atom is -0.0258 e. The molecule has 8 bridgehead atoms. The maximum absolute atomic E-state index is 2.44. The topological polar surface area (TPSA) is 0 Å². The van der Waals surface area contributed by atoms with Crippen molar-refractivity contribution in [2.45, 2.75) is 220 Å². The second-order valence-corrected chi connectivity index (χ2v) is 24.4. The van der Waals surface area contributed by atoms with Crippen molar-refractivity contribution in [3.63, 3.8) is 0 Å². The first kappa shape index (κ1) is 42.1. The van der Waals surface area contributed by atoms with E-state index >= 15 is 0 Å². The molecule has 0 aromatic rings. The van der Waals surface area contributed by atoms with Crippen LogP contribution < -0.4 is 0 Å². The molecule has 0 heteroatoms. The van der Waals surface area contributed by atoms with E-state index in [1.165, 1.54) is 89.9 Å². The maximum atomic E-state index is 2.44. The Kier molecular flexibility index (Phi) is 12.5. The Morgan fingerprint density at radius 3 is 0.667 bits per heavy atom. The molecule has 10 fully saturated rings. The molecule has 10 saturated carbocycles. The molecular weight excluding hydrogens is 613 g/mol. The van der Waals surface area contributed by atoms with Crippen molar-refractivity contribution in [2.75, 3.05) is 0 Å². The van der Waals surface area contributed by atoms with E-state index in [1.807, 2.05) is 0 Å². The second kappa shape index (κ2) is 15.2. The molecule has 0 spiro atoms. The minimum absolute atomic E-state index is 0.747. The highest BCUT2D eigenvalue weighted by Crippen LogP contribution is 2.78. The summed E-state index contributed by atoms with van der Waals surface area (Å²) in [4.78, 5) is 0.